The normalized spacial score (nSPS) is 21.5. The van der Waals surface area contributed by atoms with E-state index in [1.165, 1.54) is 17.6 Å². The minimum atomic E-state index is -0.386. The first-order valence-electron chi connectivity index (χ1n) is 12.7. The van der Waals surface area contributed by atoms with E-state index in [0.717, 1.165) is 76.0 Å². The van der Waals surface area contributed by atoms with Crippen molar-refractivity contribution in [2.24, 2.45) is 11.3 Å². The zero-order chi connectivity index (χ0) is 23.5. The highest BCUT2D eigenvalue weighted by Crippen LogP contribution is 2.38. The molecule has 0 N–H and O–H groups in total. The van der Waals surface area contributed by atoms with Gasteiger partial charge in [-0.3, -0.25) is 9.78 Å². The molecule has 2 aliphatic rings. The van der Waals surface area contributed by atoms with Crippen LogP contribution in [0.3, 0.4) is 0 Å². The second-order valence-corrected chi connectivity index (χ2v) is 10.4. The Kier molecular flexibility index (Phi) is 6.68. The van der Waals surface area contributed by atoms with Crippen molar-refractivity contribution in [3.8, 4) is 0 Å². The third-order valence-electron chi connectivity index (χ3n) is 8.00. The number of fused-ring (bicyclic) bond motifs is 1. The molecule has 1 atom stereocenters. The molecule has 180 valence electrons. The molecular formula is C28H35FN4O. The quantitative estimate of drug-likeness (QED) is 0.557. The molecule has 5 rings (SSSR count). The van der Waals surface area contributed by atoms with Crippen molar-refractivity contribution in [2.75, 3.05) is 33.2 Å². The van der Waals surface area contributed by atoms with Gasteiger partial charge in [-0.2, -0.15) is 0 Å². The molecule has 5 nitrogen and oxygen atoms in total. The first kappa shape index (κ1) is 23.0. The molecule has 0 saturated carbocycles. The van der Waals surface area contributed by atoms with Crippen molar-refractivity contribution >= 4 is 11.4 Å². The van der Waals surface area contributed by atoms with E-state index in [0.29, 0.717) is 18.2 Å². The fourth-order valence-corrected chi connectivity index (χ4v) is 5.87. The Morgan fingerprint density at radius 1 is 1.06 bits per heavy atom. The first-order chi connectivity index (χ1) is 16.5. The van der Waals surface area contributed by atoms with Gasteiger partial charge >= 0.3 is 0 Å². The minimum Gasteiger partial charge on any atom is -0.342 e. The van der Waals surface area contributed by atoms with Gasteiger partial charge in [-0.05, 0) is 101 Å². The number of nitrogens with zero attached hydrogens (tertiary/aromatic N) is 4. The number of halogens is 1. The fourth-order valence-electron chi connectivity index (χ4n) is 5.87. The minimum absolute atomic E-state index is 0.226. The lowest BCUT2D eigenvalue weighted by Gasteiger charge is -2.42. The number of benzene rings is 1. The molecule has 0 spiro atoms. The summed E-state index contributed by atoms with van der Waals surface area (Å²) in [7, 11) is 2.13. The molecule has 2 saturated heterocycles. The Morgan fingerprint density at radius 3 is 2.65 bits per heavy atom. The molecule has 1 aromatic carbocycles. The summed E-state index contributed by atoms with van der Waals surface area (Å²) in [6.07, 6.45) is 12.5. The van der Waals surface area contributed by atoms with Crippen LogP contribution in [0.25, 0.3) is 5.52 Å². The Morgan fingerprint density at radius 2 is 1.85 bits per heavy atom. The molecule has 0 radical (unpaired) electrons. The summed E-state index contributed by atoms with van der Waals surface area (Å²) in [6, 6.07) is 10.9. The number of aromatic nitrogens is 2. The highest BCUT2D eigenvalue weighted by Gasteiger charge is 2.43. The Balaban J connectivity index is 1.29. The zero-order valence-electron chi connectivity index (χ0n) is 20.1. The van der Waals surface area contributed by atoms with E-state index in [1.54, 1.807) is 0 Å². The average Bonchev–Trinajstić information content (AvgIpc) is 3.22. The lowest BCUT2D eigenvalue weighted by atomic mass is 9.72. The second kappa shape index (κ2) is 9.87. The Labute approximate surface area is 201 Å². The van der Waals surface area contributed by atoms with Crippen LogP contribution in [0.4, 0.5) is 4.39 Å². The van der Waals surface area contributed by atoms with Crippen molar-refractivity contribution in [2.45, 2.75) is 44.9 Å². The van der Waals surface area contributed by atoms with E-state index in [-0.39, 0.29) is 11.2 Å². The molecule has 6 heteroatoms. The third kappa shape index (κ3) is 4.88. The van der Waals surface area contributed by atoms with Crippen LogP contribution in [0.1, 0.15) is 43.4 Å². The molecule has 0 unspecified atom stereocenters. The highest BCUT2D eigenvalue weighted by atomic mass is 19.1. The van der Waals surface area contributed by atoms with Crippen molar-refractivity contribution in [1.82, 2.24) is 19.2 Å². The standard InChI is InChI=1S/C28H35FN4O/c1-31-17-11-28(12-18-31,21-23-6-8-24(29)9-7-23)27(34)33-15-2-4-22(10-16-33)20-25-26-5-3-14-32(26)19-13-30-25/h3,5-9,13-14,19,22H,2,4,10-12,15-18,20-21H2,1H3/t22-/m0/s1. The smallest absolute Gasteiger partial charge is 0.229 e. The van der Waals surface area contributed by atoms with Gasteiger partial charge in [-0.1, -0.05) is 12.1 Å². The van der Waals surface area contributed by atoms with Gasteiger partial charge in [0.25, 0.3) is 0 Å². The number of carbonyl (C=O) groups excluding carboxylic acids is 1. The maximum absolute atomic E-state index is 14.0. The summed E-state index contributed by atoms with van der Waals surface area (Å²) >= 11 is 0. The summed E-state index contributed by atoms with van der Waals surface area (Å²) in [6.45, 7) is 3.50. The van der Waals surface area contributed by atoms with Gasteiger partial charge < -0.3 is 14.2 Å². The monoisotopic (exact) mass is 462 g/mol. The van der Waals surface area contributed by atoms with Gasteiger partial charge in [-0.15, -0.1) is 0 Å². The number of carbonyl (C=O) groups is 1. The van der Waals surface area contributed by atoms with Gasteiger partial charge in [0.2, 0.25) is 5.91 Å². The summed E-state index contributed by atoms with van der Waals surface area (Å²) in [5.41, 5.74) is 3.01. The first-order valence-corrected chi connectivity index (χ1v) is 12.7. The molecule has 4 heterocycles. The van der Waals surface area contributed by atoms with Gasteiger partial charge in [0.1, 0.15) is 5.82 Å². The van der Waals surface area contributed by atoms with Gasteiger partial charge in [0, 0.05) is 31.7 Å². The number of hydrogen-bond donors (Lipinski definition) is 0. The van der Waals surface area contributed by atoms with Crippen LogP contribution in [-0.4, -0.2) is 58.3 Å². The van der Waals surface area contributed by atoms with E-state index < -0.39 is 0 Å². The Bertz CT molecular complexity index is 1120. The topological polar surface area (TPSA) is 40.9 Å². The maximum Gasteiger partial charge on any atom is 0.229 e. The number of piperidine rings is 1. The molecule has 34 heavy (non-hydrogen) atoms. The van der Waals surface area contributed by atoms with Crippen LogP contribution in [0.2, 0.25) is 0 Å². The maximum atomic E-state index is 14.0. The summed E-state index contributed by atoms with van der Waals surface area (Å²) in [5, 5.41) is 0. The second-order valence-electron chi connectivity index (χ2n) is 10.4. The van der Waals surface area contributed by atoms with Crippen molar-refractivity contribution < 1.29 is 9.18 Å². The van der Waals surface area contributed by atoms with Crippen molar-refractivity contribution in [3.05, 3.63) is 72.1 Å². The third-order valence-corrected chi connectivity index (χ3v) is 8.00. The molecule has 3 aromatic rings. The average molecular weight is 463 g/mol. The largest absolute Gasteiger partial charge is 0.342 e. The summed E-state index contributed by atoms with van der Waals surface area (Å²) < 4.78 is 15.6. The van der Waals surface area contributed by atoms with Crippen LogP contribution in [0.15, 0.2) is 55.0 Å². The van der Waals surface area contributed by atoms with Gasteiger partial charge in [0.05, 0.1) is 16.6 Å². The van der Waals surface area contributed by atoms with Crippen molar-refractivity contribution in [1.29, 1.82) is 0 Å². The number of likely N-dealkylation sites (tertiary alicyclic amines) is 2. The van der Waals surface area contributed by atoms with Crippen LogP contribution in [0.5, 0.6) is 0 Å². The highest BCUT2D eigenvalue weighted by molar-refractivity contribution is 5.83. The van der Waals surface area contributed by atoms with Crippen LogP contribution >= 0.6 is 0 Å². The molecule has 2 aromatic heterocycles. The van der Waals surface area contributed by atoms with Crippen molar-refractivity contribution in [3.63, 3.8) is 0 Å². The molecule has 2 fully saturated rings. The Hall–Kier alpha value is -2.73. The van der Waals surface area contributed by atoms with Gasteiger partial charge in [0.15, 0.2) is 0 Å². The molecule has 0 bridgehead atoms. The summed E-state index contributed by atoms with van der Waals surface area (Å²) in [5.74, 6) is 0.616. The molecule has 1 amide bonds. The van der Waals surface area contributed by atoms with Crippen LogP contribution in [0, 0.1) is 17.2 Å². The van der Waals surface area contributed by atoms with Crippen LogP contribution in [-0.2, 0) is 17.6 Å². The van der Waals surface area contributed by atoms with Crippen LogP contribution < -0.4 is 0 Å². The SMILES string of the molecule is CN1CCC(Cc2ccc(F)cc2)(C(=O)N2CCC[C@H](Cc3nccn4cccc34)CC2)CC1. The van der Waals surface area contributed by atoms with Gasteiger partial charge in [-0.25, -0.2) is 4.39 Å². The molecule has 2 aliphatic heterocycles. The number of amides is 1. The fraction of sp³-hybridized carbons (Fsp3) is 0.500. The lowest BCUT2D eigenvalue weighted by molar-refractivity contribution is -0.145. The molecule has 0 aliphatic carbocycles. The predicted molar refractivity (Wildman–Crippen MR) is 132 cm³/mol. The number of hydrogen-bond acceptors (Lipinski definition) is 3. The van der Waals surface area contributed by atoms with E-state index in [2.05, 4.69) is 44.6 Å². The summed E-state index contributed by atoms with van der Waals surface area (Å²) in [4.78, 5) is 23.1. The van der Waals surface area contributed by atoms with E-state index in [9.17, 15) is 9.18 Å². The zero-order valence-corrected chi connectivity index (χ0v) is 20.1. The molecular weight excluding hydrogens is 427 g/mol. The predicted octanol–water partition coefficient (Wildman–Crippen LogP) is 4.60. The van der Waals surface area contributed by atoms with E-state index >= 15 is 0 Å². The van der Waals surface area contributed by atoms with E-state index in [4.69, 9.17) is 0 Å². The number of rotatable bonds is 5. The van der Waals surface area contributed by atoms with E-state index in [1.807, 2.05) is 24.5 Å². The lowest BCUT2D eigenvalue weighted by Crippen LogP contribution is -2.51.